The monoisotopic (exact) mass is 256 g/mol. The number of aromatic carboxylic acids is 1. The summed E-state index contributed by atoms with van der Waals surface area (Å²) in [5.41, 5.74) is 2.44. The van der Waals surface area contributed by atoms with Crippen molar-refractivity contribution in [3.63, 3.8) is 0 Å². The van der Waals surface area contributed by atoms with Crippen LogP contribution in [-0.4, -0.2) is 23.1 Å². The molecule has 0 atom stereocenters. The van der Waals surface area contributed by atoms with Gasteiger partial charge in [0.15, 0.2) is 5.69 Å². The third-order valence-electron chi connectivity index (χ3n) is 2.85. The Bertz CT molecular complexity index is 596. The molecule has 0 bridgehead atoms. The first kappa shape index (κ1) is 13.1. The number of aryl methyl sites for hydroxylation is 1. The second-order valence-electron chi connectivity index (χ2n) is 4.53. The minimum Gasteiger partial charge on any atom is -0.477 e. The number of rotatable bonds is 4. The molecule has 1 aromatic carbocycles. The Balaban J connectivity index is 2.18. The first-order valence-electron chi connectivity index (χ1n) is 6.03. The van der Waals surface area contributed by atoms with Gasteiger partial charge in [0.2, 0.25) is 0 Å². The van der Waals surface area contributed by atoms with Crippen LogP contribution in [0.15, 0.2) is 42.5 Å². The van der Waals surface area contributed by atoms with E-state index in [1.807, 2.05) is 43.1 Å². The molecule has 1 N–H and O–H groups in total. The lowest BCUT2D eigenvalue weighted by atomic mass is 10.1. The number of anilines is 1. The van der Waals surface area contributed by atoms with Crippen LogP contribution in [-0.2, 0) is 6.54 Å². The molecule has 0 amide bonds. The summed E-state index contributed by atoms with van der Waals surface area (Å²) < 4.78 is 0. The van der Waals surface area contributed by atoms with Gasteiger partial charge in [-0.3, -0.25) is 0 Å². The van der Waals surface area contributed by atoms with Gasteiger partial charge in [-0.2, -0.15) is 0 Å². The van der Waals surface area contributed by atoms with Crippen molar-refractivity contribution >= 4 is 11.8 Å². The highest BCUT2D eigenvalue weighted by atomic mass is 16.4. The molecule has 1 aromatic heterocycles. The molecule has 0 aliphatic rings. The van der Waals surface area contributed by atoms with E-state index in [0.29, 0.717) is 12.4 Å². The van der Waals surface area contributed by atoms with Gasteiger partial charge in [-0.05, 0) is 24.6 Å². The molecule has 0 aliphatic carbocycles. The smallest absolute Gasteiger partial charge is 0.354 e. The average molecular weight is 256 g/mol. The first-order chi connectivity index (χ1) is 9.06. The van der Waals surface area contributed by atoms with Gasteiger partial charge in [-0.25, -0.2) is 9.78 Å². The highest BCUT2D eigenvalue weighted by Gasteiger charge is 2.08. The van der Waals surface area contributed by atoms with E-state index in [1.54, 1.807) is 6.07 Å². The van der Waals surface area contributed by atoms with Crippen molar-refractivity contribution in [1.29, 1.82) is 0 Å². The van der Waals surface area contributed by atoms with Gasteiger partial charge in [0.1, 0.15) is 5.82 Å². The molecule has 0 unspecified atom stereocenters. The van der Waals surface area contributed by atoms with E-state index in [9.17, 15) is 4.79 Å². The molecule has 4 heteroatoms. The second-order valence-corrected chi connectivity index (χ2v) is 4.53. The summed E-state index contributed by atoms with van der Waals surface area (Å²) in [5.74, 6) is -0.354. The summed E-state index contributed by atoms with van der Waals surface area (Å²) in [6.07, 6.45) is 0. The van der Waals surface area contributed by atoms with Gasteiger partial charge in [0.05, 0.1) is 0 Å². The molecule has 2 aromatic rings. The van der Waals surface area contributed by atoms with Crippen LogP contribution in [0.3, 0.4) is 0 Å². The van der Waals surface area contributed by atoms with Crippen LogP contribution in [0.5, 0.6) is 0 Å². The molecule has 0 aliphatic heterocycles. The lowest BCUT2D eigenvalue weighted by Crippen LogP contribution is -2.18. The van der Waals surface area contributed by atoms with Crippen molar-refractivity contribution in [3.05, 3.63) is 59.3 Å². The molecule has 0 spiro atoms. The Kier molecular flexibility index (Phi) is 3.80. The summed E-state index contributed by atoms with van der Waals surface area (Å²) >= 11 is 0. The third-order valence-corrected chi connectivity index (χ3v) is 2.85. The number of carboxylic acids is 1. The Morgan fingerprint density at radius 3 is 2.68 bits per heavy atom. The van der Waals surface area contributed by atoms with Crippen LogP contribution in [0, 0.1) is 6.92 Å². The fourth-order valence-corrected chi connectivity index (χ4v) is 1.92. The van der Waals surface area contributed by atoms with Crippen molar-refractivity contribution in [1.82, 2.24) is 4.98 Å². The zero-order valence-electron chi connectivity index (χ0n) is 11.0. The van der Waals surface area contributed by atoms with E-state index >= 15 is 0 Å². The van der Waals surface area contributed by atoms with E-state index in [4.69, 9.17) is 5.11 Å². The van der Waals surface area contributed by atoms with Crippen LogP contribution < -0.4 is 4.90 Å². The summed E-state index contributed by atoms with van der Waals surface area (Å²) in [7, 11) is 1.90. The lowest BCUT2D eigenvalue weighted by Gasteiger charge is -2.18. The average Bonchev–Trinajstić information content (AvgIpc) is 2.39. The standard InChI is InChI=1S/C15H16N2O2/c1-11-5-3-6-12(9-11)10-17(2)14-8-4-7-13(16-14)15(18)19/h3-9H,10H2,1-2H3,(H,18,19). The van der Waals surface area contributed by atoms with Gasteiger partial charge in [0, 0.05) is 13.6 Å². The molecule has 4 nitrogen and oxygen atoms in total. The van der Waals surface area contributed by atoms with Crippen molar-refractivity contribution in [2.45, 2.75) is 13.5 Å². The van der Waals surface area contributed by atoms with Gasteiger partial charge in [0.25, 0.3) is 0 Å². The van der Waals surface area contributed by atoms with Crippen molar-refractivity contribution in [2.24, 2.45) is 0 Å². The van der Waals surface area contributed by atoms with Crippen LogP contribution >= 0.6 is 0 Å². The number of hydrogen-bond donors (Lipinski definition) is 1. The summed E-state index contributed by atoms with van der Waals surface area (Å²) in [6, 6.07) is 13.2. The highest BCUT2D eigenvalue weighted by molar-refractivity contribution is 5.85. The lowest BCUT2D eigenvalue weighted by molar-refractivity contribution is 0.0690. The summed E-state index contributed by atoms with van der Waals surface area (Å²) in [6.45, 7) is 2.74. The number of carbonyl (C=O) groups is 1. The number of pyridine rings is 1. The van der Waals surface area contributed by atoms with E-state index in [0.717, 1.165) is 0 Å². The number of carboxylic acid groups (broad SMARTS) is 1. The molecular weight excluding hydrogens is 240 g/mol. The molecule has 98 valence electrons. The summed E-state index contributed by atoms with van der Waals surface area (Å²) in [5, 5.41) is 8.94. The molecule has 1 heterocycles. The topological polar surface area (TPSA) is 53.4 Å². The van der Waals surface area contributed by atoms with Crippen LogP contribution in [0.1, 0.15) is 21.6 Å². The minimum atomic E-state index is -1.01. The van der Waals surface area contributed by atoms with Gasteiger partial charge in [-0.15, -0.1) is 0 Å². The van der Waals surface area contributed by atoms with E-state index in [-0.39, 0.29) is 5.69 Å². The number of nitrogens with zero attached hydrogens (tertiary/aromatic N) is 2. The van der Waals surface area contributed by atoms with Crippen molar-refractivity contribution in [3.8, 4) is 0 Å². The molecular formula is C15H16N2O2. The largest absolute Gasteiger partial charge is 0.477 e. The zero-order valence-corrected chi connectivity index (χ0v) is 11.0. The quantitative estimate of drug-likeness (QED) is 0.913. The van der Waals surface area contributed by atoms with Gasteiger partial charge in [-0.1, -0.05) is 35.9 Å². The number of benzene rings is 1. The third kappa shape index (κ3) is 3.31. The van der Waals surface area contributed by atoms with Crippen LogP contribution in [0.25, 0.3) is 0 Å². The fraction of sp³-hybridized carbons (Fsp3) is 0.200. The fourth-order valence-electron chi connectivity index (χ4n) is 1.92. The minimum absolute atomic E-state index is 0.0635. The Morgan fingerprint density at radius 1 is 1.26 bits per heavy atom. The zero-order chi connectivity index (χ0) is 13.8. The normalized spacial score (nSPS) is 10.2. The predicted octanol–water partition coefficient (Wildman–Crippen LogP) is 2.72. The van der Waals surface area contributed by atoms with Gasteiger partial charge >= 0.3 is 5.97 Å². The maximum atomic E-state index is 10.9. The predicted molar refractivity (Wildman–Crippen MR) is 74.5 cm³/mol. The molecule has 0 saturated heterocycles. The molecule has 0 fully saturated rings. The van der Waals surface area contributed by atoms with Crippen molar-refractivity contribution in [2.75, 3.05) is 11.9 Å². The highest BCUT2D eigenvalue weighted by Crippen LogP contribution is 2.14. The van der Waals surface area contributed by atoms with E-state index in [1.165, 1.54) is 17.2 Å². The Morgan fingerprint density at radius 2 is 2.00 bits per heavy atom. The summed E-state index contributed by atoms with van der Waals surface area (Å²) in [4.78, 5) is 16.9. The van der Waals surface area contributed by atoms with Crippen LogP contribution in [0.4, 0.5) is 5.82 Å². The Hall–Kier alpha value is -2.36. The second kappa shape index (κ2) is 5.52. The maximum Gasteiger partial charge on any atom is 0.354 e. The maximum absolute atomic E-state index is 10.9. The van der Waals surface area contributed by atoms with E-state index < -0.39 is 5.97 Å². The van der Waals surface area contributed by atoms with E-state index in [2.05, 4.69) is 11.1 Å². The molecule has 0 saturated carbocycles. The number of aromatic nitrogens is 1. The molecule has 2 rings (SSSR count). The number of hydrogen-bond acceptors (Lipinski definition) is 3. The first-order valence-corrected chi connectivity index (χ1v) is 6.03. The van der Waals surface area contributed by atoms with Gasteiger partial charge < -0.3 is 10.0 Å². The van der Waals surface area contributed by atoms with Crippen LogP contribution in [0.2, 0.25) is 0 Å². The SMILES string of the molecule is Cc1cccc(CN(C)c2cccc(C(=O)O)n2)c1. The van der Waals surface area contributed by atoms with Crippen molar-refractivity contribution < 1.29 is 9.90 Å². The molecule has 19 heavy (non-hydrogen) atoms. The Labute approximate surface area is 112 Å². The molecule has 0 radical (unpaired) electrons.